The largest absolute Gasteiger partial charge is 0.309 e. The van der Waals surface area contributed by atoms with Gasteiger partial charge in [-0.15, -0.1) is 0 Å². The summed E-state index contributed by atoms with van der Waals surface area (Å²) >= 11 is 0. The second-order valence-electron chi connectivity index (χ2n) is 22.2. The zero-order valence-electron chi connectivity index (χ0n) is 47.7. The van der Waals surface area contributed by atoms with Crippen LogP contribution in [-0.2, 0) is 0 Å². The smallest absolute Gasteiger partial charge is 0.164 e. The van der Waals surface area contributed by atoms with E-state index in [1.54, 1.807) is 0 Å². The van der Waals surface area contributed by atoms with Crippen molar-refractivity contribution in [1.82, 2.24) is 24.1 Å². The molecule has 0 spiro atoms. The van der Waals surface area contributed by atoms with Crippen LogP contribution in [0, 0.1) is 11.3 Å². The minimum atomic E-state index is 0.544. The fourth-order valence-corrected chi connectivity index (χ4v) is 12.8. The maximum Gasteiger partial charge on any atom is 0.164 e. The summed E-state index contributed by atoms with van der Waals surface area (Å²) < 4.78 is 4.88. The summed E-state index contributed by atoms with van der Waals surface area (Å²) in [5.41, 5.74) is 22.1. The molecule has 0 N–H and O–H groups in total. The molecule has 0 saturated heterocycles. The first kappa shape index (κ1) is 51.6. The SMILES string of the molecule is N#Cc1ccccc1-c1ccc(-c2cc(-c3nc(-c4ccccc4)nc(-c4ccccc4)n3)ccc2-n2c3ccc(-c4ccccc4)cc3c3cc(-c4ccccc4)ccc32)c(-n2c3ccc(-c4ccccc4)cc3c3cc(-c4ccccc4)ccc32)c1. The van der Waals surface area contributed by atoms with Crippen LogP contribution in [0.2, 0.25) is 0 Å². The summed E-state index contributed by atoms with van der Waals surface area (Å²) in [5.74, 6) is 1.71. The molecule has 6 nitrogen and oxygen atoms in total. The van der Waals surface area contributed by atoms with Crippen LogP contribution in [0.5, 0.6) is 0 Å². The monoisotopic (exact) mass is 1120 g/mol. The fraction of sp³-hybridized carbons (Fsp3) is 0. The van der Waals surface area contributed by atoms with Crippen LogP contribution in [0.4, 0.5) is 0 Å². The Morgan fingerprint density at radius 1 is 0.227 bits per heavy atom. The molecule has 16 aromatic rings. The Hall–Kier alpha value is -12.0. The highest BCUT2D eigenvalue weighted by Gasteiger charge is 2.25. The number of rotatable bonds is 11. The van der Waals surface area contributed by atoms with E-state index in [1.807, 2.05) is 78.9 Å². The lowest BCUT2D eigenvalue weighted by atomic mass is 9.93. The van der Waals surface area contributed by atoms with E-state index in [0.29, 0.717) is 23.0 Å². The van der Waals surface area contributed by atoms with Gasteiger partial charge in [0.1, 0.15) is 0 Å². The zero-order chi connectivity index (χ0) is 58.5. The van der Waals surface area contributed by atoms with Gasteiger partial charge in [-0.05, 0) is 134 Å². The molecule has 0 unspecified atom stereocenters. The number of benzene rings is 13. The Morgan fingerprint density at radius 3 is 0.955 bits per heavy atom. The molecular formula is C82H52N6. The first-order valence-corrected chi connectivity index (χ1v) is 29.6. The summed E-state index contributed by atoms with van der Waals surface area (Å²) in [6.07, 6.45) is 0. The maximum atomic E-state index is 10.7. The van der Waals surface area contributed by atoms with Crippen LogP contribution in [-0.4, -0.2) is 24.1 Å². The Labute approximate surface area is 509 Å². The molecule has 0 radical (unpaired) electrons. The summed E-state index contributed by atoms with van der Waals surface area (Å²) in [6.45, 7) is 0. The maximum absolute atomic E-state index is 10.7. The van der Waals surface area contributed by atoms with Crippen LogP contribution in [0.15, 0.2) is 315 Å². The van der Waals surface area contributed by atoms with Crippen LogP contribution < -0.4 is 0 Å². The Morgan fingerprint density at radius 2 is 0.557 bits per heavy atom. The molecule has 0 aliphatic rings. The van der Waals surface area contributed by atoms with E-state index in [1.165, 1.54) is 0 Å². The van der Waals surface area contributed by atoms with Gasteiger partial charge in [-0.3, -0.25) is 0 Å². The normalized spacial score (nSPS) is 11.4. The van der Waals surface area contributed by atoms with E-state index in [2.05, 4.69) is 252 Å². The lowest BCUT2D eigenvalue weighted by Crippen LogP contribution is -2.04. The van der Waals surface area contributed by atoms with Crippen molar-refractivity contribution in [3.05, 3.63) is 321 Å². The Kier molecular flexibility index (Phi) is 12.8. The van der Waals surface area contributed by atoms with Crippen LogP contribution in [0.1, 0.15) is 5.56 Å². The second kappa shape index (κ2) is 21.9. The van der Waals surface area contributed by atoms with Crippen molar-refractivity contribution in [1.29, 1.82) is 5.26 Å². The highest BCUT2D eigenvalue weighted by Crippen LogP contribution is 2.46. The number of hydrogen-bond acceptors (Lipinski definition) is 4. The van der Waals surface area contributed by atoms with E-state index in [9.17, 15) is 5.26 Å². The van der Waals surface area contributed by atoms with Gasteiger partial charge < -0.3 is 9.13 Å². The molecule has 0 fully saturated rings. The van der Waals surface area contributed by atoms with Gasteiger partial charge in [-0.25, -0.2) is 15.0 Å². The zero-order valence-corrected chi connectivity index (χ0v) is 47.7. The van der Waals surface area contributed by atoms with Crippen molar-refractivity contribution in [2.75, 3.05) is 0 Å². The number of nitriles is 1. The summed E-state index contributed by atoms with van der Waals surface area (Å²) in [5, 5.41) is 15.2. The van der Waals surface area contributed by atoms with Crippen molar-refractivity contribution in [2.45, 2.75) is 0 Å². The third-order valence-corrected chi connectivity index (χ3v) is 17.0. The molecule has 0 aliphatic carbocycles. The van der Waals surface area contributed by atoms with Gasteiger partial charge in [0, 0.05) is 49.4 Å². The first-order valence-electron chi connectivity index (χ1n) is 29.6. The molecular weight excluding hydrogens is 1070 g/mol. The second-order valence-corrected chi connectivity index (χ2v) is 22.2. The summed E-state index contributed by atoms with van der Waals surface area (Å²) in [7, 11) is 0. The van der Waals surface area contributed by atoms with Crippen molar-refractivity contribution in [3.63, 3.8) is 0 Å². The summed E-state index contributed by atoms with van der Waals surface area (Å²) in [6, 6.07) is 114. The number of aromatic nitrogens is 5. The molecule has 3 aromatic heterocycles. The minimum Gasteiger partial charge on any atom is -0.309 e. The van der Waals surface area contributed by atoms with Gasteiger partial charge in [0.2, 0.25) is 0 Å². The number of fused-ring (bicyclic) bond motifs is 6. The molecule has 3 heterocycles. The van der Waals surface area contributed by atoms with Crippen LogP contribution in [0.25, 0.3) is 156 Å². The van der Waals surface area contributed by atoms with E-state index < -0.39 is 0 Å². The average molecular weight is 1120 g/mol. The molecule has 13 aromatic carbocycles. The number of hydrogen-bond donors (Lipinski definition) is 0. The number of nitrogens with zero attached hydrogens (tertiary/aromatic N) is 6. The van der Waals surface area contributed by atoms with Crippen molar-refractivity contribution >= 4 is 43.6 Å². The summed E-state index contributed by atoms with van der Waals surface area (Å²) in [4.78, 5) is 15.8. The molecule has 6 heteroatoms. The lowest BCUT2D eigenvalue weighted by Gasteiger charge is -2.21. The molecule has 0 bridgehead atoms. The highest BCUT2D eigenvalue weighted by molar-refractivity contribution is 6.14. The van der Waals surface area contributed by atoms with Gasteiger partial charge in [0.15, 0.2) is 17.5 Å². The van der Waals surface area contributed by atoms with Gasteiger partial charge in [-0.1, -0.05) is 237 Å². The minimum absolute atomic E-state index is 0.544. The molecule has 0 amide bonds. The van der Waals surface area contributed by atoms with Gasteiger partial charge >= 0.3 is 0 Å². The van der Waals surface area contributed by atoms with E-state index >= 15 is 0 Å². The van der Waals surface area contributed by atoms with Crippen LogP contribution in [0.3, 0.4) is 0 Å². The molecule has 16 rings (SSSR count). The van der Waals surface area contributed by atoms with Crippen molar-refractivity contribution in [2.24, 2.45) is 0 Å². The lowest BCUT2D eigenvalue weighted by molar-refractivity contribution is 1.07. The molecule has 410 valence electrons. The predicted molar refractivity (Wildman–Crippen MR) is 362 cm³/mol. The molecule has 0 atom stereocenters. The molecule has 0 aliphatic heterocycles. The molecule has 0 saturated carbocycles. The third-order valence-electron chi connectivity index (χ3n) is 17.0. The van der Waals surface area contributed by atoms with E-state index in [-0.39, 0.29) is 0 Å². The fourth-order valence-electron chi connectivity index (χ4n) is 12.8. The predicted octanol–water partition coefficient (Wildman–Crippen LogP) is 20.9. The van der Waals surface area contributed by atoms with Crippen molar-refractivity contribution < 1.29 is 0 Å². The van der Waals surface area contributed by atoms with Gasteiger partial charge in [0.05, 0.1) is 45.1 Å². The average Bonchev–Trinajstić information content (AvgIpc) is 1.72. The van der Waals surface area contributed by atoms with E-state index in [4.69, 9.17) is 15.0 Å². The van der Waals surface area contributed by atoms with Crippen molar-refractivity contribution in [3.8, 4) is 118 Å². The van der Waals surface area contributed by atoms with Gasteiger partial charge in [0.25, 0.3) is 0 Å². The third kappa shape index (κ3) is 9.19. The van der Waals surface area contributed by atoms with Crippen LogP contribution >= 0.6 is 0 Å². The Balaban J connectivity index is 1.02. The Bertz CT molecular complexity index is 5110. The van der Waals surface area contributed by atoms with Gasteiger partial charge in [-0.2, -0.15) is 5.26 Å². The standard InChI is InChI=1S/C82H52N6/c83-53-66-33-19-20-34-67(66)64-35-41-68(79(52-64)88-77-44-38-62(56-25-11-3-12-26-56)49-72(77)73-50-63(39-45-78(73)88)57-27-13-4-14-28-57)69-51-65(82-85-80(58-29-15-5-16-30-58)84-81(86-82)59-31-17-6-18-32-59)40-46-74(69)87-75-42-36-60(54-21-7-1-8-22-54)47-70(75)71-48-61(37-43-76(71)87)55-23-9-2-10-24-55/h1-52H. The topological polar surface area (TPSA) is 72.3 Å². The quantitative estimate of drug-likeness (QED) is 0.129. The van der Waals surface area contributed by atoms with E-state index in [0.717, 1.165) is 138 Å². The highest BCUT2D eigenvalue weighted by atomic mass is 15.0. The first-order chi connectivity index (χ1) is 43.6. The molecule has 88 heavy (non-hydrogen) atoms.